The van der Waals surface area contributed by atoms with E-state index < -0.39 is 15.8 Å². The van der Waals surface area contributed by atoms with Crippen LogP contribution in [0.2, 0.25) is 0 Å². The van der Waals surface area contributed by atoms with Gasteiger partial charge in [0.1, 0.15) is 13.0 Å². The van der Waals surface area contributed by atoms with Gasteiger partial charge < -0.3 is 14.1 Å². The smallest absolute Gasteiger partial charge is 0.416 e. The first kappa shape index (κ1) is 27.1. The van der Waals surface area contributed by atoms with Gasteiger partial charge in [0.15, 0.2) is 0 Å². The number of hydrogen-bond acceptors (Lipinski definition) is 7. The van der Waals surface area contributed by atoms with Gasteiger partial charge in [0.2, 0.25) is 10.0 Å². The van der Waals surface area contributed by atoms with Gasteiger partial charge in [-0.3, -0.25) is 0 Å². The Kier molecular flexibility index (Phi) is 8.11. The van der Waals surface area contributed by atoms with Crippen molar-refractivity contribution < 1.29 is 17.6 Å². The van der Waals surface area contributed by atoms with E-state index in [2.05, 4.69) is 46.3 Å². The van der Waals surface area contributed by atoms with Crippen LogP contribution in [-0.2, 0) is 27.8 Å². The lowest BCUT2D eigenvalue weighted by Crippen LogP contribution is -2.48. The first-order valence-corrected chi connectivity index (χ1v) is 14.7. The zero-order valence-corrected chi connectivity index (χ0v) is 23.1. The minimum Gasteiger partial charge on any atom is -0.416 e. The Balaban J connectivity index is 0.000000233. The number of aromatic nitrogens is 1. The van der Waals surface area contributed by atoms with Crippen LogP contribution < -0.4 is 10.7 Å². The van der Waals surface area contributed by atoms with Crippen molar-refractivity contribution in [3.8, 4) is 0 Å². The Morgan fingerprint density at radius 1 is 0.974 bits per heavy atom. The van der Waals surface area contributed by atoms with Crippen LogP contribution in [0, 0.1) is 6.92 Å². The monoisotopic (exact) mass is 547 g/mol. The van der Waals surface area contributed by atoms with E-state index in [1.54, 1.807) is 22.5 Å². The molecule has 0 bridgehead atoms. The summed E-state index contributed by atoms with van der Waals surface area (Å²) in [5.41, 5.74) is 5.56. The van der Waals surface area contributed by atoms with E-state index in [-0.39, 0.29) is 0 Å². The maximum absolute atomic E-state index is 13.0. The predicted molar refractivity (Wildman–Crippen MR) is 151 cm³/mol. The Morgan fingerprint density at radius 3 is 2.46 bits per heavy atom. The number of para-hydroxylation sites is 2. The number of nitrogens with zero attached hydrogens (tertiary/aromatic N) is 3. The summed E-state index contributed by atoms with van der Waals surface area (Å²) in [5, 5.41) is 0.840. The van der Waals surface area contributed by atoms with Crippen molar-refractivity contribution in [3.63, 3.8) is 0 Å². The second kappa shape index (κ2) is 11.7. The summed E-state index contributed by atoms with van der Waals surface area (Å²) >= 11 is 0. The number of sulfonamides is 1. The number of hydrogen-bond donors (Lipinski definition) is 0. The molecule has 2 aliphatic heterocycles. The second-order valence-corrected chi connectivity index (χ2v) is 11.8. The van der Waals surface area contributed by atoms with Crippen LogP contribution in [-0.4, -0.2) is 43.6 Å². The molecule has 1 aromatic heterocycles. The highest BCUT2D eigenvalue weighted by Gasteiger charge is 2.33. The maximum atomic E-state index is 13.0. The number of ether oxygens (including phenoxy) is 1. The summed E-state index contributed by atoms with van der Waals surface area (Å²) in [4.78, 5) is 17.0. The first-order valence-electron chi connectivity index (χ1n) is 13.2. The van der Waals surface area contributed by atoms with Crippen LogP contribution in [0.15, 0.2) is 87.1 Å². The molecule has 0 N–H and O–H groups in total. The van der Waals surface area contributed by atoms with E-state index in [1.165, 1.54) is 23.1 Å². The van der Waals surface area contributed by atoms with Gasteiger partial charge in [-0.2, -0.15) is 9.29 Å². The lowest BCUT2D eigenvalue weighted by atomic mass is 10.00. The summed E-state index contributed by atoms with van der Waals surface area (Å²) in [6.45, 7) is 6.51. The van der Waals surface area contributed by atoms with Crippen LogP contribution >= 0.6 is 0 Å². The molecule has 0 saturated carbocycles. The number of piperidine rings is 1. The van der Waals surface area contributed by atoms with E-state index in [4.69, 9.17) is 4.74 Å². The molecule has 0 aliphatic carbocycles. The molecule has 0 amide bonds. The number of benzene rings is 3. The number of aryl methyl sites for hydroxylation is 2. The van der Waals surface area contributed by atoms with E-state index in [1.807, 2.05) is 30.3 Å². The third-order valence-corrected chi connectivity index (χ3v) is 9.28. The molecule has 3 aromatic carbocycles. The van der Waals surface area contributed by atoms with Crippen molar-refractivity contribution >= 4 is 26.6 Å². The molecule has 8 nitrogen and oxygen atoms in total. The van der Waals surface area contributed by atoms with Gasteiger partial charge >= 0.3 is 5.76 Å². The fourth-order valence-electron chi connectivity index (χ4n) is 5.22. The van der Waals surface area contributed by atoms with Crippen molar-refractivity contribution in [2.24, 2.45) is 0 Å². The van der Waals surface area contributed by atoms with Gasteiger partial charge in [0.05, 0.1) is 17.0 Å². The highest BCUT2D eigenvalue weighted by Crippen LogP contribution is 2.34. The molecule has 0 unspecified atom stereocenters. The fraction of sp³-hybridized carbons (Fsp3) is 0.333. The molecule has 0 spiro atoms. The highest BCUT2D eigenvalue weighted by molar-refractivity contribution is 7.89. The first-order chi connectivity index (χ1) is 18.9. The van der Waals surface area contributed by atoms with E-state index in [9.17, 15) is 13.2 Å². The van der Waals surface area contributed by atoms with E-state index >= 15 is 0 Å². The molecule has 1 saturated heterocycles. The summed E-state index contributed by atoms with van der Waals surface area (Å²) < 4.78 is 38.0. The predicted octanol–water partition coefficient (Wildman–Crippen LogP) is 4.89. The average molecular weight is 548 g/mol. The summed E-state index contributed by atoms with van der Waals surface area (Å²) in [5.74, 6) is -0.552. The molecule has 3 heterocycles. The van der Waals surface area contributed by atoms with Crippen molar-refractivity contribution in [2.45, 2.75) is 50.7 Å². The number of anilines is 1. The SMILES string of the molecule is CCc1ccc(S(=O)(=O)N2CCC(N3COCc4cccc(C)c43)CC2)cc1.O=c1nc2ccccc2co1. The minimum atomic E-state index is -3.43. The normalized spacial score (nSPS) is 16.4. The van der Waals surface area contributed by atoms with Crippen molar-refractivity contribution in [3.05, 3.63) is 100 Å². The van der Waals surface area contributed by atoms with Gasteiger partial charge in [-0.25, -0.2) is 13.2 Å². The number of rotatable bonds is 4. The Bertz CT molecular complexity index is 1590. The third-order valence-electron chi connectivity index (χ3n) is 7.37. The molecule has 204 valence electrons. The summed E-state index contributed by atoms with van der Waals surface area (Å²) in [7, 11) is -3.43. The third kappa shape index (κ3) is 5.90. The topological polar surface area (TPSA) is 93.0 Å². The molecular weight excluding hydrogens is 514 g/mol. The van der Waals surface area contributed by atoms with Gasteiger partial charge in [-0.1, -0.05) is 49.4 Å². The van der Waals surface area contributed by atoms with Gasteiger partial charge in [-0.05, 0) is 61.6 Å². The van der Waals surface area contributed by atoms with Gasteiger partial charge in [-0.15, -0.1) is 0 Å². The Hall–Kier alpha value is -3.53. The Labute approximate surface area is 228 Å². The van der Waals surface area contributed by atoms with E-state index in [0.717, 1.165) is 30.2 Å². The van der Waals surface area contributed by atoms with Crippen LogP contribution in [0.4, 0.5) is 5.69 Å². The molecule has 0 radical (unpaired) electrons. The van der Waals surface area contributed by atoms with Crippen LogP contribution in [0.25, 0.3) is 10.9 Å². The lowest BCUT2D eigenvalue weighted by Gasteiger charge is -2.42. The van der Waals surface area contributed by atoms with Gasteiger partial charge in [0, 0.05) is 35.8 Å². The number of fused-ring (bicyclic) bond motifs is 2. The lowest BCUT2D eigenvalue weighted by molar-refractivity contribution is 0.0986. The van der Waals surface area contributed by atoms with Crippen molar-refractivity contribution in [1.29, 1.82) is 0 Å². The Morgan fingerprint density at radius 2 is 1.72 bits per heavy atom. The largest absolute Gasteiger partial charge is 0.439 e. The molecule has 9 heteroatoms. The summed E-state index contributed by atoms with van der Waals surface area (Å²) in [6, 6.07) is 21.2. The zero-order valence-electron chi connectivity index (χ0n) is 22.2. The minimum absolute atomic E-state index is 0.300. The standard InChI is InChI=1S/C22H28N2O3S.C8H5NO2/c1-3-18-7-9-21(10-8-18)28(25,26)23-13-11-20(12-14-23)24-16-27-15-19-6-4-5-17(2)22(19)24;10-8-9-7-4-2-1-3-6(7)5-11-8/h4-10,20H,3,11-16H2,1-2H3;1-5H. The quantitative estimate of drug-likeness (QED) is 0.359. The van der Waals surface area contributed by atoms with Crippen molar-refractivity contribution in [2.75, 3.05) is 24.7 Å². The fourth-order valence-corrected chi connectivity index (χ4v) is 6.69. The molecule has 39 heavy (non-hydrogen) atoms. The van der Waals surface area contributed by atoms with Crippen LogP contribution in [0.5, 0.6) is 0 Å². The molecule has 1 fully saturated rings. The second-order valence-electron chi connectivity index (χ2n) is 9.83. The van der Waals surface area contributed by atoms with Crippen LogP contribution in [0.3, 0.4) is 0 Å². The molecule has 0 atom stereocenters. The molecule has 4 aromatic rings. The van der Waals surface area contributed by atoms with Gasteiger partial charge in [0.25, 0.3) is 0 Å². The van der Waals surface area contributed by atoms with E-state index in [0.29, 0.717) is 42.9 Å². The maximum Gasteiger partial charge on any atom is 0.439 e. The molecular formula is C30H33N3O5S. The summed E-state index contributed by atoms with van der Waals surface area (Å²) in [6.07, 6.45) is 3.93. The van der Waals surface area contributed by atoms with Crippen molar-refractivity contribution in [1.82, 2.24) is 9.29 Å². The highest BCUT2D eigenvalue weighted by atomic mass is 32.2. The average Bonchev–Trinajstić information content (AvgIpc) is 2.97. The zero-order chi connectivity index (χ0) is 27.4. The molecule has 6 rings (SSSR count). The van der Waals surface area contributed by atoms with Crippen LogP contribution in [0.1, 0.15) is 36.5 Å². The molecule has 2 aliphatic rings.